The predicted octanol–water partition coefficient (Wildman–Crippen LogP) is 6.08. The molecule has 7 unspecified atom stereocenters. The monoisotopic (exact) mass is 679 g/mol. The zero-order chi connectivity index (χ0) is 33.2. The highest BCUT2D eigenvalue weighted by Gasteiger charge is 2.41. The second-order valence-electron chi connectivity index (χ2n) is 13.5. The number of hydrogen-bond acceptors (Lipinski definition) is 7. The van der Waals surface area contributed by atoms with E-state index in [0.717, 1.165) is 61.1 Å². The minimum absolute atomic E-state index is 0.0180. The summed E-state index contributed by atoms with van der Waals surface area (Å²) in [6.07, 6.45) is 9.20. The number of ether oxygens (including phenoxy) is 1. The molecule has 11 heteroatoms. The molecule has 1 fully saturated rings. The van der Waals surface area contributed by atoms with E-state index in [1.54, 1.807) is 10.7 Å². The number of carbonyl (C=O) groups excluding carboxylic acids is 1. The highest BCUT2D eigenvalue weighted by atomic mass is 35.5. The number of hydrogen-bond donors (Lipinski definition) is 2. The smallest absolute Gasteiger partial charge is 0.263 e. The Morgan fingerprint density at radius 1 is 1.15 bits per heavy atom. The molecule has 252 valence electrons. The van der Waals surface area contributed by atoms with E-state index in [2.05, 4.69) is 52.9 Å². The zero-order valence-corrected chi connectivity index (χ0v) is 29.3. The van der Waals surface area contributed by atoms with Crippen LogP contribution in [0.3, 0.4) is 0 Å². The van der Waals surface area contributed by atoms with Gasteiger partial charge in [0.2, 0.25) is 0 Å². The second-order valence-corrected chi connectivity index (χ2v) is 15.4. The molecule has 1 amide bonds. The van der Waals surface area contributed by atoms with Crippen molar-refractivity contribution >= 4 is 34.2 Å². The van der Waals surface area contributed by atoms with Crippen LogP contribution in [-0.4, -0.2) is 54.9 Å². The molecule has 0 spiro atoms. The van der Waals surface area contributed by atoms with Gasteiger partial charge >= 0.3 is 0 Å². The Labute approximate surface area is 285 Å². The molecule has 2 aromatic carbocycles. The predicted molar refractivity (Wildman–Crippen MR) is 186 cm³/mol. The maximum absolute atomic E-state index is 13.4. The van der Waals surface area contributed by atoms with Crippen molar-refractivity contribution in [2.75, 3.05) is 24.6 Å². The highest BCUT2D eigenvalue weighted by molar-refractivity contribution is 7.84. The molecule has 0 radical (unpaired) electrons. The Kier molecular flexibility index (Phi) is 10.4. The molecule has 9 nitrogen and oxygen atoms in total. The van der Waals surface area contributed by atoms with E-state index in [0.29, 0.717) is 36.3 Å². The number of anilines is 1. The first-order chi connectivity index (χ1) is 22.7. The summed E-state index contributed by atoms with van der Waals surface area (Å²) in [6, 6.07) is 11.7. The van der Waals surface area contributed by atoms with Crippen LogP contribution in [0, 0.1) is 17.8 Å². The van der Waals surface area contributed by atoms with Crippen LogP contribution < -0.4 is 14.4 Å². The molecule has 3 aliphatic rings. The summed E-state index contributed by atoms with van der Waals surface area (Å²) in [5.74, 6) is 2.54. The third kappa shape index (κ3) is 7.15. The molecular weight excluding hydrogens is 634 g/mol. The first-order valence-electron chi connectivity index (χ1n) is 16.9. The first-order valence-corrected chi connectivity index (χ1v) is 18.4. The summed E-state index contributed by atoms with van der Waals surface area (Å²) >= 11 is 6.45. The summed E-state index contributed by atoms with van der Waals surface area (Å²) in [4.78, 5) is 20.6. The second kappa shape index (κ2) is 14.5. The topological polar surface area (TPSA) is 110 Å². The van der Waals surface area contributed by atoms with Gasteiger partial charge in [0.1, 0.15) is 29.2 Å². The van der Waals surface area contributed by atoms with Crippen LogP contribution in [0.1, 0.15) is 91.4 Å². The summed E-state index contributed by atoms with van der Waals surface area (Å²) in [5.41, 5.74) is 3.83. The molecular formula is C36H46ClN5O4S. The number of amides is 1. The number of halogens is 1. The number of aryl methyl sites for hydroxylation is 2. The van der Waals surface area contributed by atoms with E-state index in [1.807, 2.05) is 32.2 Å². The van der Waals surface area contributed by atoms with Crippen LogP contribution in [0.2, 0.25) is 5.02 Å². The Hall–Kier alpha value is -3.21. The fourth-order valence-electron chi connectivity index (χ4n) is 7.35. The summed E-state index contributed by atoms with van der Waals surface area (Å²) in [7, 11) is 0.335. The molecule has 6 rings (SSSR count). The van der Waals surface area contributed by atoms with E-state index in [-0.39, 0.29) is 35.5 Å². The van der Waals surface area contributed by atoms with Crippen molar-refractivity contribution in [2.45, 2.75) is 76.6 Å². The minimum Gasteiger partial charge on any atom is -0.491 e. The van der Waals surface area contributed by atoms with Crippen molar-refractivity contribution < 1.29 is 18.8 Å². The zero-order valence-electron chi connectivity index (χ0n) is 27.7. The molecule has 2 N–H and O–H groups in total. The number of nitrogens with zero attached hydrogens (tertiary/aromatic N) is 4. The Balaban J connectivity index is 1.41. The van der Waals surface area contributed by atoms with Crippen LogP contribution in [0.5, 0.6) is 5.75 Å². The molecule has 0 saturated heterocycles. The number of allylic oxidation sites excluding steroid dienone is 2. The van der Waals surface area contributed by atoms with Gasteiger partial charge in [-0.05, 0) is 91.8 Å². The van der Waals surface area contributed by atoms with Crippen LogP contribution in [-0.2, 0) is 31.1 Å². The van der Waals surface area contributed by atoms with Crippen LogP contribution in [0.15, 0.2) is 48.6 Å². The minimum atomic E-state index is -1.56. The molecule has 1 aliphatic carbocycles. The fourth-order valence-corrected chi connectivity index (χ4v) is 8.56. The Morgan fingerprint density at radius 3 is 2.70 bits per heavy atom. The lowest BCUT2D eigenvalue weighted by Crippen LogP contribution is -2.42. The Morgan fingerprint density at radius 2 is 1.98 bits per heavy atom. The molecule has 1 saturated carbocycles. The molecule has 2 aliphatic heterocycles. The van der Waals surface area contributed by atoms with Gasteiger partial charge in [-0.15, -0.1) is 0 Å². The van der Waals surface area contributed by atoms with E-state index in [9.17, 15) is 14.1 Å². The number of carbonyl (C=O) groups is 1. The van der Waals surface area contributed by atoms with Gasteiger partial charge < -0.3 is 14.7 Å². The van der Waals surface area contributed by atoms with E-state index in [1.165, 1.54) is 11.1 Å². The van der Waals surface area contributed by atoms with Gasteiger partial charge in [0.15, 0.2) is 5.82 Å². The maximum Gasteiger partial charge on any atom is 0.263 e. The number of aromatic nitrogens is 3. The standard InChI is InChI=1S/C36H46ClN5O4S/c1-5-7-24-16-28(37)12-14-29(24)27-19-42-18-26-10-13-30(26)31(35-38-34(20-43)39-41(35)4)9-6-8-22(2)23(3)47(45)40-36(44)25-11-15-33(46-21-27)32(42)17-25/h6,9,11-12,14-17,22-23,26-27,30-31,43H,5,7-8,10,13,18-21H2,1-4H3,(H,40,44)/b9-6+. The van der Waals surface area contributed by atoms with Gasteiger partial charge in [-0.3, -0.25) is 14.2 Å². The van der Waals surface area contributed by atoms with Crippen molar-refractivity contribution in [3.63, 3.8) is 0 Å². The summed E-state index contributed by atoms with van der Waals surface area (Å²) in [5, 5.41) is 14.8. The molecule has 7 atom stereocenters. The lowest BCUT2D eigenvalue weighted by atomic mass is 9.66. The van der Waals surface area contributed by atoms with Gasteiger partial charge in [0.25, 0.3) is 5.91 Å². The first kappa shape index (κ1) is 33.7. The number of fused-ring (bicyclic) bond motifs is 2. The fraction of sp³-hybridized carbons (Fsp3) is 0.528. The molecule has 1 aromatic heterocycles. The highest BCUT2D eigenvalue weighted by Crippen LogP contribution is 2.47. The maximum atomic E-state index is 13.4. The average molecular weight is 680 g/mol. The average Bonchev–Trinajstić information content (AvgIpc) is 3.33. The van der Waals surface area contributed by atoms with E-state index >= 15 is 0 Å². The van der Waals surface area contributed by atoms with Crippen molar-refractivity contribution in [1.82, 2.24) is 19.5 Å². The lowest BCUT2D eigenvalue weighted by Gasteiger charge is -2.44. The van der Waals surface area contributed by atoms with Gasteiger partial charge in [-0.25, -0.2) is 9.19 Å². The summed E-state index contributed by atoms with van der Waals surface area (Å²) in [6.45, 7) is 7.98. The SMILES string of the molecule is CCCc1cc(Cl)ccc1C1COc2ccc3cc2N(C1)CC1CCC1C(c1nc(CO)nn1C)/C=C/CC(C)C(C)S(=O)NC3=O. The van der Waals surface area contributed by atoms with Gasteiger partial charge in [0.05, 0.1) is 17.5 Å². The summed E-state index contributed by atoms with van der Waals surface area (Å²) < 4.78 is 24.4. The van der Waals surface area contributed by atoms with Crippen molar-refractivity contribution in [3.8, 4) is 5.75 Å². The van der Waals surface area contributed by atoms with Crippen molar-refractivity contribution in [2.24, 2.45) is 24.8 Å². The number of rotatable bonds is 5. The van der Waals surface area contributed by atoms with Crippen LogP contribution >= 0.6 is 11.6 Å². The quantitative estimate of drug-likeness (QED) is 0.315. The van der Waals surface area contributed by atoms with Gasteiger partial charge in [-0.2, -0.15) is 5.10 Å². The molecule has 2 bridgehead atoms. The number of benzene rings is 2. The normalized spacial score (nSPS) is 28.8. The molecule has 3 heterocycles. The van der Waals surface area contributed by atoms with E-state index < -0.39 is 11.0 Å². The van der Waals surface area contributed by atoms with Gasteiger partial charge in [-0.1, -0.05) is 50.1 Å². The largest absolute Gasteiger partial charge is 0.491 e. The van der Waals surface area contributed by atoms with Crippen molar-refractivity contribution in [3.05, 3.63) is 81.9 Å². The van der Waals surface area contributed by atoms with E-state index in [4.69, 9.17) is 21.3 Å². The number of aliphatic hydroxyl groups is 1. The molecule has 3 aromatic rings. The molecule has 47 heavy (non-hydrogen) atoms. The number of aliphatic hydroxyl groups excluding tert-OH is 1. The van der Waals surface area contributed by atoms with Crippen LogP contribution in [0.4, 0.5) is 5.69 Å². The van der Waals surface area contributed by atoms with Crippen molar-refractivity contribution in [1.29, 1.82) is 0 Å². The third-order valence-electron chi connectivity index (χ3n) is 10.4. The third-order valence-corrected chi connectivity index (χ3v) is 12.1. The van der Waals surface area contributed by atoms with Crippen LogP contribution in [0.25, 0.3) is 0 Å². The lowest BCUT2D eigenvalue weighted by molar-refractivity contribution is 0.0982. The number of nitrogens with one attached hydrogen (secondary N) is 1. The Bertz CT molecular complexity index is 1660. The van der Waals surface area contributed by atoms with Gasteiger partial charge in [0, 0.05) is 42.6 Å².